The first-order valence-electron chi connectivity index (χ1n) is 6.55. The molecule has 22 heavy (non-hydrogen) atoms. The Kier molecular flexibility index (Phi) is 4.88. The standard InChI is InChI=1S/C17H17O5/c1-19-13-7-5-11(9-15(13)21-3)17(18)12-6-8-14(20-2)16(10-12)22-4/h5,7-10H,1-4H3. The lowest BCUT2D eigenvalue weighted by molar-refractivity contribution is 0.103. The molecule has 0 unspecified atom stereocenters. The first-order valence-corrected chi connectivity index (χ1v) is 6.55. The third-order valence-corrected chi connectivity index (χ3v) is 3.21. The molecule has 2 aromatic carbocycles. The summed E-state index contributed by atoms with van der Waals surface area (Å²) in [6.45, 7) is 0. The van der Waals surface area contributed by atoms with Crippen molar-refractivity contribution in [2.24, 2.45) is 0 Å². The highest BCUT2D eigenvalue weighted by Crippen LogP contribution is 2.31. The normalized spacial score (nSPS) is 10.0. The molecule has 0 saturated heterocycles. The summed E-state index contributed by atoms with van der Waals surface area (Å²) in [5.74, 6) is 1.86. The molecule has 5 nitrogen and oxygen atoms in total. The zero-order valence-corrected chi connectivity index (χ0v) is 12.9. The summed E-state index contributed by atoms with van der Waals surface area (Å²) in [5, 5.41) is 0. The van der Waals surface area contributed by atoms with Gasteiger partial charge in [-0.3, -0.25) is 4.79 Å². The Labute approximate surface area is 129 Å². The monoisotopic (exact) mass is 301 g/mol. The molecular weight excluding hydrogens is 284 g/mol. The van der Waals surface area contributed by atoms with Crippen molar-refractivity contribution in [1.82, 2.24) is 0 Å². The Morgan fingerprint density at radius 2 is 1.41 bits per heavy atom. The number of benzene rings is 2. The van der Waals surface area contributed by atoms with Crippen LogP contribution in [0.15, 0.2) is 30.3 Å². The number of hydrogen-bond acceptors (Lipinski definition) is 5. The molecule has 115 valence electrons. The van der Waals surface area contributed by atoms with Crippen molar-refractivity contribution >= 4 is 5.78 Å². The number of carbonyl (C=O) groups excluding carboxylic acids is 1. The molecule has 0 amide bonds. The van der Waals surface area contributed by atoms with Gasteiger partial charge in [-0.2, -0.15) is 0 Å². The Morgan fingerprint density at radius 1 is 0.818 bits per heavy atom. The molecule has 0 aliphatic rings. The summed E-state index contributed by atoms with van der Waals surface area (Å²) in [4.78, 5) is 12.6. The minimum absolute atomic E-state index is 0.193. The molecule has 0 heterocycles. The largest absolute Gasteiger partial charge is 0.493 e. The van der Waals surface area contributed by atoms with E-state index in [0.29, 0.717) is 34.1 Å². The second-order valence-corrected chi connectivity index (χ2v) is 4.38. The predicted octanol–water partition coefficient (Wildman–Crippen LogP) is 2.75. The molecule has 1 radical (unpaired) electrons. The van der Waals surface area contributed by atoms with E-state index in [4.69, 9.17) is 18.9 Å². The lowest BCUT2D eigenvalue weighted by Crippen LogP contribution is -2.03. The van der Waals surface area contributed by atoms with Crippen LogP contribution in [0.5, 0.6) is 23.0 Å². The molecule has 0 N–H and O–H groups in total. The van der Waals surface area contributed by atoms with Crippen LogP contribution in [-0.4, -0.2) is 34.2 Å². The maximum atomic E-state index is 12.6. The van der Waals surface area contributed by atoms with Crippen LogP contribution in [0.25, 0.3) is 0 Å². The third-order valence-electron chi connectivity index (χ3n) is 3.21. The van der Waals surface area contributed by atoms with E-state index in [9.17, 15) is 4.79 Å². The van der Waals surface area contributed by atoms with Crippen LogP contribution in [0.3, 0.4) is 0 Å². The van der Waals surface area contributed by atoms with E-state index in [0.717, 1.165) is 0 Å². The fourth-order valence-electron chi connectivity index (χ4n) is 2.04. The van der Waals surface area contributed by atoms with Crippen molar-refractivity contribution in [2.75, 3.05) is 28.4 Å². The molecule has 0 aliphatic heterocycles. The van der Waals surface area contributed by atoms with Crippen LogP contribution in [-0.2, 0) is 0 Å². The van der Waals surface area contributed by atoms with Crippen molar-refractivity contribution in [2.45, 2.75) is 0 Å². The average molecular weight is 301 g/mol. The van der Waals surface area contributed by atoms with E-state index in [1.807, 2.05) is 0 Å². The topological polar surface area (TPSA) is 54.0 Å². The maximum absolute atomic E-state index is 12.6. The zero-order valence-electron chi connectivity index (χ0n) is 12.9. The highest BCUT2D eigenvalue weighted by atomic mass is 16.5. The van der Waals surface area contributed by atoms with Gasteiger partial charge in [-0.1, -0.05) is 0 Å². The highest BCUT2D eigenvalue weighted by molar-refractivity contribution is 6.09. The minimum atomic E-state index is -0.193. The molecular formula is C17H17O5. The summed E-state index contributed by atoms with van der Waals surface area (Å²) >= 11 is 0. The Hall–Kier alpha value is -2.69. The second kappa shape index (κ2) is 6.85. The van der Waals surface area contributed by atoms with Crippen molar-refractivity contribution < 1.29 is 23.7 Å². The minimum Gasteiger partial charge on any atom is -0.493 e. The van der Waals surface area contributed by atoms with Gasteiger partial charge in [-0.05, 0) is 36.4 Å². The number of rotatable bonds is 6. The van der Waals surface area contributed by atoms with E-state index < -0.39 is 0 Å². The van der Waals surface area contributed by atoms with Crippen LogP contribution in [0.1, 0.15) is 15.9 Å². The molecule has 0 aromatic heterocycles. The molecule has 0 bridgehead atoms. The van der Waals surface area contributed by atoms with E-state index in [1.54, 1.807) is 37.4 Å². The van der Waals surface area contributed by atoms with Crippen LogP contribution in [0.2, 0.25) is 0 Å². The van der Waals surface area contributed by atoms with Gasteiger partial charge in [0.25, 0.3) is 0 Å². The van der Waals surface area contributed by atoms with Crippen LogP contribution >= 0.6 is 0 Å². The van der Waals surface area contributed by atoms with Gasteiger partial charge in [0.15, 0.2) is 28.8 Å². The summed E-state index contributed by atoms with van der Waals surface area (Å²) in [6.07, 6.45) is 0. The van der Waals surface area contributed by atoms with E-state index in [1.165, 1.54) is 21.3 Å². The number of ether oxygens (including phenoxy) is 4. The van der Waals surface area contributed by atoms with Crippen LogP contribution in [0, 0.1) is 6.07 Å². The lowest BCUT2D eigenvalue weighted by Gasteiger charge is -2.11. The molecule has 0 fully saturated rings. The fraction of sp³-hybridized carbons (Fsp3) is 0.235. The van der Waals surface area contributed by atoms with Gasteiger partial charge in [-0.15, -0.1) is 0 Å². The van der Waals surface area contributed by atoms with Crippen molar-refractivity contribution in [3.05, 3.63) is 47.5 Å². The molecule has 0 aliphatic carbocycles. The molecule has 0 saturated carbocycles. The molecule has 0 spiro atoms. The molecule has 2 aromatic rings. The summed E-state index contributed by atoms with van der Waals surface area (Å²) < 4.78 is 20.7. The Morgan fingerprint density at radius 3 is 2.00 bits per heavy atom. The predicted molar refractivity (Wildman–Crippen MR) is 81.4 cm³/mol. The summed E-state index contributed by atoms with van der Waals surface area (Å²) in [5.41, 5.74) is 0.853. The van der Waals surface area contributed by atoms with Gasteiger partial charge in [0.2, 0.25) is 0 Å². The average Bonchev–Trinajstić information content (AvgIpc) is 2.59. The van der Waals surface area contributed by atoms with Gasteiger partial charge in [0.05, 0.1) is 28.4 Å². The van der Waals surface area contributed by atoms with E-state index in [2.05, 4.69) is 6.07 Å². The van der Waals surface area contributed by atoms with Gasteiger partial charge in [0, 0.05) is 11.1 Å². The molecule has 2 rings (SSSR count). The highest BCUT2D eigenvalue weighted by Gasteiger charge is 2.15. The number of hydrogen-bond donors (Lipinski definition) is 0. The Balaban J connectivity index is 2.39. The van der Waals surface area contributed by atoms with E-state index in [-0.39, 0.29) is 5.78 Å². The van der Waals surface area contributed by atoms with Crippen LogP contribution in [0.4, 0.5) is 0 Å². The molecule has 5 heteroatoms. The molecule has 0 atom stereocenters. The van der Waals surface area contributed by atoms with Crippen molar-refractivity contribution in [3.8, 4) is 23.0 Å². The number of carbonyl (C=O) groups is 1. The van der Waals surface area contributed by atoms with Crippen molar-refractivity contribution in [3.63, 3.8) is 0 Å². The van der Waals surface area contributed by atoms with Gasteiger partial charge in [-0.25, -0.2) is 0 Å². The summed E-state index contributed by atoms with van der Waals surface area (Å²) in [6, 6.07) is 11.1. The smallest absolute Gasteiger partial charge is 0.193 e. The van der Waals surface area contributed by atoms with Crippen LogP contribution < -0.4 is 18.9 Å². The number of methoxy groups -OCH3 is 4. The SMILES string of the molecule is COc1c[c]c(C(=O)c2ccc(OC)c(OC)c2)cc1OC. The summed E-state index contributed by atoms with van der Waals surface area (Å²) in [7, 11) is 6.11. The quantitative estimate of drug-likeness (QED) is 0.768. The lowest BCUT2D eigenvalue weighted by atomic mass is 10.0. The van der Waals surface area contributed by atoms with Gasteiger partial charge < -0.3 is 18.9 Å². The fourth-order valence-corrected chi connectivity index (χ4v) is 2.04. The second-order valence-electron chi connectivity index (χ2n) is 4.38. The maximum Gasteiger partial charge on any atom is 0.193 e. The third kappa shape index (κ3) is 2.98. The number of ketones is 1. The Bertz CT molecular complexity index is 621. The zero-order chi connectivity index (χ0) is 16.1. The van der Waals surface area contributed by atoms with Gasteiger partial charge in [0.1, 0.15) is 0 Å². The van der Waals surface area contributed by atoms with Crippen molar-refractivity contribution in [1.29, 1.82) is 0 Å². The first-order chi connectivity index (χ1) is 10.6. The first kappa shape index (κ1) is 15.7. The van der Waals surface area contributed by atoms with Gasteiger partial charge >= 0.3 is 0 Å². The van der Waals surface area contributed by atoms with E-state index >= 15 is 0 Å².